The van der Waals surface area contributed by atoms with E-state index in [4.69, 9.17) is 0 Å². The van der Waals surface area contributed by atoms with Crippen LogP contribution in [0.4, 0.5) is 5.69 Å². The van der Waals surface area contributed by atoms with Crippen molar-refractivity contribution >= 4 is 21.6 Å². The number of sulfonamides is 1. The van der Waals surface area contributed by atoms with Gasteiger partial charge in [-0.05, 0) is 67.8 Å². The van der Waals surface area contributed by atoms with Gasteiger partial charge in [-0.1, -0.05) is 41.5 Å². The van der Waals surface area contributed by atoms with Crippen molar-refractivity contribution in [3.8, 4) is 0 Å². The van der Waals surface area contributed by atoms with Crippen LogP contribution in [-0.2, 0) is 23.0 Å². The molecule has 1 amide bonds. The summed E-state index contributed by atoms with van der Waals surface area (Å²) in [7, 11) is -3.56. The van der Waals surface area contributed by atoms with Gasteiger partial charge in [0.15, 0.2) is 0 Å². The predicted molar refractivity (Wildman–Crippen MR) is 118 cm³/mol. The van der Waals surface area contributed by atoms with Crippen LogP contribution >= 0.6 is 0 Å². The van der Waals surface area contributed by atoms with Gasteiger partial charge in [0.1, 0.15) is 0 Å². The summed E-state index contributed by atoms with van der Waals surface area (Å²) in [6, 6.07) is 20.0. The van der Waals surface area contributed by atoms with E-state index >= 15 is 0 Å². The second-order valence-corrected chi connectivity index (χ2v) is 9.64. The average molecular weight is 421 g/mol. The zero-order valence-corrected chi connectivity index (χ0v) is 17.9. The van der Waals surface area contributed by atoms with Crippen molar-refractivity contribution in [2.45, 2.75) is 31.7 Å². The Bertz CT molecular complexity index is 1180. The molecule has 0 radical (unpaired) electrons. The summed E-state index contributed by atoms with van der Waals surface area (Å²) in [5.74, 6) is -0.185. The number of fused-ring (bicyclic) bond motifs is 1. The van der Waals surface area contributed by atoms with Crippen molar-refractivity contribution in [2.75, 3.05) is 11.9 Å². The molecule has 0 aliphatic carbocycles. The molecular weight excluding hydrogens is 396 g/mol. The van der Waals surface area contributed by atoms with Crippen molar-refractivity contribution < 1.29 is 13.2 Å². The molecule has 0 atom stereocenters. The number of hydrogen-bond donors (Lipinski definition) is 1. The largest absolute Gasteiger partial charge is 0.322 e. The predicted octanol–water partition coefficient (Wildman–Crippen LogP) is 4.30. The van der Waals surface area contributed by atoms with E-state index in [1.54, 1.807) is 24.3 Å². The molecule has 3 aromatic carbocycles. The molecule has 1 N–H and O–H groups in total. The van der Waals surface area contributed by atoms with Crippen molar-refractivity contribution in [1.82, 2.24) is 4.31 Å². The molecular formula is C24H24N2O3S. The quantitative estimate of drug-likeness (QED) is 0.684. The Hall–Kier alpha value is -2.96. The fourth-order valence-corrected chi connectivity index (χ4v) is 5.00. The maximum Gasteiger partial charge on any atom is 0.255 e. The van der Waals surface area contributed by atoms with E-state index < -0.39 is 10.0 Å². The third-order valence-electron chi connectivity index (χ3n) is 5.41. The van der Waals surface area contributed by atoms with Crippen LogP contribution in [0, 0.1) is 13.8 Å². The van der Waals surface area contributed by atoms with Gasteiger partial charge in [-0.3, -0.25) is 4.79 Å². The lowest BCUT2D eigenvalue weighted by Crippen LogP contribution is -2.36. The Labute approximate surface area is 177 Å². The van der Waals surface area contributed by atoms with Gasteiger partial charge < -0.3 is 5.32 Å². The van der Waals surface area contributed by atoms with Crippen molar-refractivity contribution in [3.05, 3.63) is 94.5 Å². The minimum Gasteiger partial charge on any atom is -0.322 e. The Morgan fingerprint density at radius 1 is 0.867 bits per heavy atom. The molecule has 1 aliphatic rings. The van der Waals surface area contributed by atoms with Crippen molar-refractivity contribution in [3.63, 3.8) is 0 Å². The van der Waals surface area contributed by atoms with Gasteiger partial charge in [-0.15, -0.1) is 0 Å². The number of carbonyl (C=O) groups is 1. The minimum absolute atomic E-state index is 0.185. The minimum atomic E-state index is -3.56. The SMILES string of the molecule is Cc1ccc(C(=O)Nc2ccc3c(c2)CN(S(=O)(=O)c2ccc(C)cc2)CC3)cc1. The Balaban J connectivity index is 1.54. The van der Waals surface area contributed by atoms with E-state index in [1.807, 2.05) is 56.3 Å². The summed E-state index contributed by atoms with van der Waals surface area (Å²) >= 11 is 0. The molecule has 0 spiro atoms. The molecule has 3 aromatic rings. The molecule has 0 saturated carbocycles. The topological polar surface area (TPSA) is 66.5 Å². The molecule has 6 heteroatoms. The van der Waals surface area contributed by atoms with Crippen LogP contribution in [0.2, 0.25) is 0 Å². The van der Waals surface area contributed by atoms with Gasteiger partial charge in [0.2, 0.25) is 10.0 Å². The highest BCUT2D eigenvalue weighted by Gasteiger charge is 2.28. The number of anilines is 1. The first-order valence-electron chi connectivity index (χ1n) is 9.89. The first-order chi connectivity index (χ1) is 14.3. The van der Waals surface area contributed by atoms with Gasteiger partial charge in [0.25, 0.3) is 5.91 Å². The van der Waals surface area contributed by atoms with Gasteiger partial charge in [0.05, 0.1) is 4.90 Å². The number of rotatable bonds is 4. The monoisotopic (exact) mass is 420 g/mol. The van der Waals surface area contributed by atoms with Gasteiger partial charge >= 0.3 is 0 Å². The number of nitrogens with one attached hydrogen (secondary N) is 1. The van der Waals surface area contributed by atoms with Gasteiger partial charge in [-0.25, -0.2) is 8.42 Å². The Kier molecular flexibility index (Phi) is 5.45. The first kappa shape index (κ1) is 20.3. The van der Waals surface area contributed by atoms with Gasteiger partial charge in [0, 0.05) is 24.3 Å². The third kappa shape index (κ3) is 4.15. The molecule has 0 unspecified atom stereocenters. The lowest BCUT2D eigenvalue weighted by molar-refractivity contribution is 0.102. The molecule has 0 bridgehead atoms. The van der Waals surface area contributed by atoms with Crippen LogP contribution in [0.1, 0.15) is 32.6 Å². The second-order valence-electron chi connectivity index (χ2n) is 7.71. The van der Waals surface area contributed by atoms with Crippen LogP contribution in [0.5, 0.6) is 0 Å². The molecule has 4 rings (SSSR count). The molecule has 0 saturated heterocycles. The molecule has 154 valence electrons. The highest BCUT2D eigenvalue weighted by molar-refractivity contribution is 7.89. The summed E-state index contributed by atoms with van der Waals surface area (Å²) in [4.78, 5) is 12.8. The summed E-state index contributed by atoms with van der Waals surface area (Å²) in [5, 5.41) is 2.91. The molecule has 30 heavy (non-hydrogen) atoms. The maximum absolute atomic E-state index is 13.0. The van der Waals surface area contributed by atoms with Crippen LogP contribution in [0.15, 0.2) is 71.6 Å². The van der Waals surface area contributed by atoms with Crippen LogP contribution in [-0.4, -0.2) is 25.2 Å². The third-order valence-corrected chi connectivity index (χ3v) is 7.27. The standard InChI is InChI=1S/C24H24N2O3S/c1-17-3-7-20(8-4-17)24(27)25-22-10-9-19-13-14-26(16-21(19)15-22)30(28,29)23-11-5-18(2)6-12-23/h3-12,15H,13-14,16H2,1-2H3,(H,25,27). The maximum atomic E-state index is 13.0. The fraction of sp³-hybridized carbons (Fsp3) is 0.208. The van der Waals surface area contributed by atoms with E-state index in [9.17, 15) is 13.2 Å². The molecule has 1 heterocycles. The first-order valence-corrected chi connectivity index (χ1v) is 11.3. The normalized spacial score (nSPS) is 14.2. The highest BCUT2D eigenvalue weighted by Crippen LogP contribution is 2.27. The number of aryl methyl sites for hydroxylation is 2. The zero-order chi connectivity index (χ0) is 21.3. The molecule has 1 aliphatic heterocycles. The van der Waals surface area contributed by atoms with Crippen molar-refractivity contribution in [1.29, 1.82) is 0 Å². The van der Waals surface area contributed by atoms with E-state index in [0.717, 1.165) is 22.3 Å². The Morgan fingerprint density at radius 3 is 2.17 bits per heavy atom. The smallest absolute Gasteiger partial charge is 0.255 e. The van der Waals surface area contributed by atoms with Crippen LogP contribution in [0.3, 0.4) is 0 Å². The number of hydrogen-bond acceptors (Lipinski definition) is 3. The molecule has 5 nitrogen and oxygen atoms in total. The lowest BCUT2D eigenvalue weighted by atomic mass is 10.0. The summed E-state index contributed by atoms with van der Waals surface area (Å²) in [6.07, 6.45) is 0.645. The number of carbonyl (C=O) groups excluding carboxylic acids is 1. The zero-order valence-electron chi connectivity index (χ0n) is 17.1. The van der Waals surface area contributed by atoms with Crippen molar-refractivity contribution in [2.24, 2.45) is 0 Å². The second kappa shape index (κ2) is 8.05. The summed E-state index contributed by atoms with van der Waals surface area (Å²) in [5.41, 5.74) is 5.38. The number of nitrogens with zero attached hydrogens (tertiary/aromatic N) is 1. The number of benzene rings is 3. The lowest BCUT2D eigenvalue weighted by Gasteiger charge is -2.28. The van der Waals surface area contributed by atoms with E-state index in [1.165, 1.54) is 4.31 Å². The van der Waals surface area contributed by atoms with E-state index in [2.05, 4.69) is 5.32 Å². The number of amides is 1. The van der Waals surface area contributed by atoms with E-state index in [0.29, 0.717) is 35.7 Å². The van der Waals surface area contributed by atoms with Gasteiger partial charge in [-0.2, -0.15) is 4.31 Å². The molecule has 0 fully saturated rings. The van der Waals surface area contributed by atoms with Crippen LogP contribution < -0.4 is 5.32 Å². The van der Waals surface area contributed by atoms with E-state index in [-0.39, 0.29) is 5.91 Å². The summed E-state index contributed by atoms with van der Waals surface area (Å²) < 4.78 is 27.6. The average Bonchev–Trinajstić information content (AvgIpc) is 2.74. The summed E-state index contributed by atoms with van der Waals surface area (Å²) in [6.45, 7) is 4.64. The fourth-order valence-electron chi connectivity index (χ4n) is 3.58. The Morgan fingerprint density at radius 2 is 1.50 bits per heavy atom. The van der Waals surface area contributed by atoms with Crippen LogP contribution in [0.25, 0.3) is 0 Å². The highest BCUT2D eigenvalue weighted by atomic mass is 32.2. The molecule has 0 aromatic heterocycles.